The Morgan fingerprint density at radius 3 is 2.56 bits per heavy atom. The third kappa shape index (κ3) is 3.08. The largest absolute Gasteiger partial charge is 0.386 e. The maximum absolute atomic E-state index is 12.2. The molecule has 5 N–H and O–H groups in total. The molecule has 0 radical (unpaired) electrons. The minimum absolute atomic E-state index is 0.129. The van der Waals surface area contributed by atoms with Crippen LogP contribution < -0.4 is 10.5 Å². The number of aromatic nitrogens is 2. The second kappa shape index (κ2) is 5.49. The van der Waals surface area contributed by atoms with Gasteiger partial charge in [0.2, 0.25) is 10.0 Å². The molecule has 1 aromatic heterocycles. The zero-order chi connectivity index (χ0) is 13.9. The monoisotopic (exact) mass is 273 g/mol. The average molecular weight is 273 g/mol. The van der Waals surface area contributed by atoms with Crippen molar-refractivity contribution >= 4 is 15.9 Å². The number of sulfonamides is 1. The van der Waals surface area contributed by atoms with Crippen LogP contribution in [0.3, 0.4) is 0 Å². The van der Waals surface area contributed by atoms with E-state index in [-0.39, 0.29) is 10.7 Å². The number of aryl methyl sites for hydroxylation is 2. The molecule has 1 unspecified atom stereocenters. The van der Waals surface area contributed by atoms with Gasteiger partial charge in [0, 0.05) is 0 Å². The Hall–Kier alpha value is -1.41. The normalized spacial score (nSPS) is 13.5. The maximum Gasteiger partial charge on any atom is 0.244 e. The van der Waals surface area contributed by atoms with E-state index >= 15 is 0 Å². The lowest BCUT2D eigenvalue weighted by molar-refractivity contribution is 0.564. The number of rotatable bonds is 6. The molecular formula is C10H19N5O2S. The lowest BCUT2D eigenvalue weighted by Gasteiger charge is -2.16. The SMILES string of the molecule is CCCC(NS(=O)(=O)c1c(C)n[nH]c1C)C(=N)N. The van der Waals surface area contributed by atoms with E-state index in [1.807, 2.05) is 6.92 Å². The molecule has 0 aliphatic carbocycles. The van der Waals surface area contributed by atoms with Crippen molar-refractivity contribution in [3.05, 3.63) is 11.4 Å². The summed E-state index contributed by atoms with van der Waals surface area (Å²) in [6, 6.07) is -0.673. The van der Waals surface area contributed by atoms with E-state index in [0.29, 0.717) is 17.8 Å². The Kier molecular flexibility index (Phi) is 4.47. The van der Waals surface area contributed by atoms with Gasteiger partial charge >= 0.3 is 0 Å². The highest BCUT2D eigenvalue weighted by Gasteiger charge is 2.26. The van der Waals surface area contributed by atoms with Gasteiger partial charge in [-0.25, -0.2) is 13.1 Å². The smallest absolute Gasteiger partial charge is 0.244 e. The van der Waals surface area contributed by atoms with Gasteiger partial charge in [-0.05, 0) is 20.3 Å². The summed E-state index contributed by atoms with van der Waals surface area (Å²) in [4.78, 5) is 0.129. The minimum atomic E-state index is -3.71. The molecule has 0 saturated heterocycles. The van der Waals surface area contributed by atoms with Crippen LogP contribution in [0.2, 0.25) is 0 Å². The molecule has 1 heterocycles. The van der Waals surface area contributed by atoms with E-state index in [1.54, 1.807) is 13.8 Å². The first kappa shape index (κ1) is 14.7. The van der Waals surface area contributed by atoms with E-state index < -0.39 is 16.1 Å². The van der Waals surface area contributed by atoms with Crippen LogP contribution in [-0.2, 0) is 10.0 Å². The summed E-state index contributed by atoms with van der Waals surface area (Å²) in [7, 11) is -3.71. The molecule has 18 heavy (non-hydrogen) atoms. The van der Waals surface area contributed by atoms with Crippen LogP contribution in [0.4, 0.5) is 0 Å². The number of hydrogen-bond donors (Lipinski definition) is 4. The summed E-state index contributed by atoms with van der Waals surface area (Å²) in [5.74, 6) is -0.181. The van der Waals surface area contributed by atoms with Crippen molar-refractivity contribution in [1.29, 1.82) is 5.41 Å². The molecule has 102 valence electrons. The molecule has 1 atom stereocenters. The lowest BCUT2D eigenvalue weighted by atomic mass is 10.2. The molecule has 0 fully saturated rings. The van der Waals surface area contributed by atoms with Crippen LogP contribution in [0.25, 0.3) is 0 Å². The van der Waals surface area contributed by atoms with Crippen molar-refractivity contribution in [3.8, 4) is 0 Å². The van der Waals surface area contributed by atoms with Crippen LogP contribution in [0.5, 0.6) is 0 Å². The predicted octanol–water partition coefficient (Wildman–Crippen LogP) is 0.410. The third-order valence-corrected chi connectivity index (χ3v) is 4.31. The van der Waals surface area contributed by atoms with Crippen LogP contribution in [0.15, 0.2) is 4.90 Å². The van der Waals surface area contributed by atoms with Crippen molar-refractivity contribution in [2.75, 3.05) is 0 Å². The van der Waals surface area contributed by atoms with E-state index in [2.05, 4.69) is 14.9 Å². The standard InChI is InChI=1S/C10H19N5O2S/c1-4-5-8(10(11)12)15-18(16,17)9-6(2)13-14-7(9)3/h8,15H,4-5H2,1-3H3,(H3,11,12)(H,13,14). The Morgan fingerprint density at radius 1 is 1.56 bits per heavy atom. The van der Waals surface area contributed by atoms with Crippen LogP contribution in [-0.4, -0.2) is 30.5 Å². The molecule has 1 rings (SSSR count). The fourth-order valence-corrected chi connectivity index (χ4v) is 3.37. The van der Waals surface area contributed by atoms with E-state index in [1.165, 1.54) is 0 Å². The highest BCUT2D eigenvalue weighted by atomic mass is 32.2. The number of hydrogen-bond acceptors (Lipinski definition) is 4. The Bertz CT molecular complexity index is 515. The van der Waals surface area contributed by atoms with Crippen molar-refractivity contribution in [1.82, 2.24) is 14.9 Å². The first-order valence-corrected chi connectivity index (χ1v) is 7.15. The second-order valence-electron chi connectivity index (χ2n) is 4.18. The molecule has 0 aliphatic heterocycles. The maximum atomic E-state index is 12.2. The molecule has 8 heteroatoms. The first-order chi connectivity index (χ1) is 8.29. The van der Waals surface area contributed by atoms with Crippen molar-refractivity contribution in [2.24, 2.45) is 5.73 Å². The predicted molar refractivity (Wildman–Crippen MR) is 69.0 cm³/mol. The molecule has 0 bridgehead atoms. The minimum Gasteiger partial charge on any atom is -0.386 e. The van der Waals surface area contributed by atoms with Gasteiger partial charge in [-0.15, -0.1) is 0 Å². The Balaban J connectivity index is 3.05. The highest BCUT2D eigenvalue weighted by Crippen LogP contribution is 2.17. The molecular weight excluding hydrogens is 254 g/mol. The van der Waals surface area contributed by atoms with Gasteiger partial charge in [-0.1, -0.05) is 13.3 Å². The van der Waals surface area contributed by atoms with E-state index in [0.717, 1.165) is 6.42 Å². The fourth-order valence-electron chi connectivity index (χ4n) is 1.75. The lowest BCUT2D eigenvalue weighted by Crippen LogP contribution is -2.44. The van der Waals surface area contributed by atoms with Crippen molar-refractivity contribution in [3.63, 3.8) is 0 Å². The van der Waals surface area contributed by atoms with Gasteiger partial charge < -0.3 is 5.73 Å². The summed E-state index contributed by atoms with van der Waals surface area (Å²) in [5.41, 5.74) is 6.27. The average Bonchev–Trinajstić information content (AvgIpc) is 2.58. The summed E-state index contributed by atoms with van der Waals surface area (Å²) in [6.07, 6.45) is 1.22. The molecule has 0 amide bonds. The number of aromatic amines is 1. The first-order valence-electron chi connectivity index (χ1n) is 5.67. The summed E-state index contributed by atoms with van der Waals surface area (Å²) in [5, 5.41) is 13.9. The van der Waals surface area contributed by atoms with Crippen LogP contribution in [0.1, 0.15) is 31.2 Å². The van der Waals surface area contributed by atoms with Crippen LogP contribution >= 0.6 is 0 Å². The molecule has 0 saturated carbocycles. The summed E-state index contributed by atoms with van der Waals surface area (Å²) in [6.45, 7) is 5.15. The number of nitrogens with one attached hydrogen (secondary N) is 3. The number of H-pyrrole nitrogens is 1. The topological polar surface area (TPSA) is 125 Å². The van der Waals surface area contributed by atoms with E-state index in [9.17, 15) is 8.42 Å². The van der Waals surface area contributed by atoms with Crippen LogP contribution in [0, 0.1) is 19.3 Å². The third-order valence-electron chi connectivity index (χ3n) is 2.58. The van der Waals surface area contributed by atoms with Gasteiger partial charge in [-0.2, -0.15) is 5.10 Å². The van der Waals surface area contributed by atoms with Gasteiger partial charge in [0.05, 0.1) is 17.4 Å². The Labute approximate surface area is 107 Å². The van der Waals surface area contributed by atoms with Gasteiger partial charge in [-0.3, -0.25) is 10.5 Å². The van der Waals surface area contributed by atoms with Crippen molar-refractivity contribution < 1.29 is 8.42 Å². The molecule has 0 spiro atoms. The van der Waals surface area contributed by atoms with Crippen molar-refractivity contribution in [2.45, 2.75) is 44.6 Å². The molecule has 0 aromatic carbocycles. The number of nitrogens with two attached hydrogens (primary N) is 1. The molecule has 1 aromatic rings. The fraction of sp³-hybridized carbons (Fsp3) is 0.600. The summed E-state index contributed by atoms with van der Waals surface area (Å²) >= 11 is 0. The second-order valence-corrected chi connectivity index (χ2v) is 5.83. The quantitative estimate of drug-likeness (QED) is 0.442. The number of nitrogens with zero attached hydrogens (tertiary/aromatic N) is 1. The van der Waals surface area contributed by atoms with E-state index in [4.69, 9.17) is 11.1 Å². The zero-order valence-corrected chi connectivity index (χ0v) is 11.6. The Morgan fingerprint density at radius 2 is 2.17 bits per heavy atom. The van der Waals surface area contributed by atoms with Gasteiger partial charge in [0.1, 0.15) is 10.7 Å². The summed E-state index contributed by atoms with van der Waals surface area (Å²) < 4.78 is 26.8. The zero-order valence-electron chi connectivity index (χ0n) is 10.7. The van der Waals surface area contributed by atoms with Gasteiger partial charge in [0.25, 0.3) is 0 Å². The highest BCUT2D eigenvalue weighted by molar-refractivity contribution is 7.89. The molecule has 7 nitrogen and oxygen atoms in total. The molecule has 0 aliphatic rings. The number of amidine groups is 1. The van der Waals surface area contributed by atoms with Gasteiger partial charge in [0.15, 0.2) is 0 Å².